The van der Waals surface area contributed by atoms with E-state index in [0.29, 0.717) is 0 Å². The molecular weight excluding hydrogens is 252 g/mol. The molecule has 1 atom stereocenters. The van der Waals surface area contributed by atoms with Crippen LogP contribution in [0, 0.1) is 20.8 Å². The quantitative estimate of drug-likeness (QED) is 0.895. The average Bonchev–Trinajstić information content (AvgIpc) is 2.74. The van der Waals surface area contributed by atoms with Gasteiger partial charge in [0.05, 0.1) is 23.3 Å². The molecule has 1 unspecified atom stereocenters. The van der Waals surface area contributed by atoms with Gasteiger partial charge in [-0.2, -0.15) is 5.10 Å². The van der Waals surface area contributed by atoms with Crippen LogP contribution in [0.1, 0.15) is 23.7 Å². The van der Waals surface area contributed by atoms with Gasteiger partial charge in [0.1, 0.15) is 6.04 Å². The second-order valence-corrected chi connectivity index (χ2v) is 5.11. The molecule has 1 amide bonds. The van der Waals surface area contributed by atoms with Gasteiger partial charge in [-0.05, 0) is 44.9 Å². The average molecular weight is 272 g/mol. The summed E-state index contributed by atoms with van der Waals surface area (Å²) in [4.78, 5) is 11.1. The summed E-state index contributed by atoms with van der Waals surface area (Å²) in [5, 5.41) is 7.48. The zero-order chi connectivity index (χ0) is 14.9. The summed E-state index contributed by atoms with van der Waals surface area (Å²) in [5.74, 6) is -0.385. The number of nitrogens with two attached hydrogens (primary N) is 1. The maximum absolute atomic E-state index is 11.1. The van der Waals surface area contributed by atoms with Crippen molar-refractivity contribution in [2.45, 2.75) is 33.7 Å². The topological polar surface area (TPSA) is 72.9 Å². The fourth-order valence-corrected chi connectivity index (χ4v) is 2.05. The molecule has 2 rings (SSSR count). The summed E-state index contributed by atoms with van der Waals surface area (Å²) in [7, 11) is 0. The van der Waals surface area contributed by atoms with E-state index in [9.17, 15) is 4.79 Å². The zero-order valence-electron chi connectivity index (χ0n) is 12.3. The molecule has 3 N–H and O–H groups in total. The SMILES string of the molecule is Cc1ccc(C)c(-n2ncc(NC(C)C(N)=O)c2C)c1. The largest absolute Gasteiger partial charge is 0.371 e. The Balaban J connectivity index is 2.38. The second kappa shape index (κ2) is 5.36. The minimum absolute atomic E-state index is 0.385. The minimum Gasteiger partial charge on any atom is -0.371 e. The van der Waals surface area contributed by atoms with E-state index in [2.05, 4.69) is 42.5 Å². The van der Waals surface area contributed by atoms with Crippen LogP contribution >= 0.6 is 0 Å². The lowest BCUT2D eigenvalue weighted by Gasteiger charge is -2.12. The Morgan fingerprint density at radius 1 is 1.35 bits per heavy atom. The molecule has 0 aliphatic rings. The number of primary amides is 1. The number of anilines is 1. The van der Waals surface area contributed by atoms with Gasteiger partial charge in [0, 0.05) is 0 Å². The number of benzene rings is 1. The number of aryl methyl sites for hydroxylation is 2. The molecule has 5 heteroatoms. The highest BCUT2D eigenvalue weighted by Gasteiger charge is 2.14. The lowest BCUT2D eigenvalue weighted by Crippen LogP contribution is -2.32. The van der Waals surface area contributed by atoms with Crippen LogP contribution in [0.3, 0.4) is 0 Å². The summed E-state index contributed by atoms with van der Waals surface area (Å²) < 4.78 is 1.87. The van der Waals surface area contributed by atoms with E-state index in [-0.39, 0.29) is 5.91 Å². The molecule has 0 saturated heterocycles. The number of carbonyl (C=O) groups excluding carboxylic acids is 1. The Morgan fingerprint density at radius 3 is 2.70 bits per heavy atom. The van der Waals surface area contributed by atoms with E-state index in [0.717, 1.165) is 22.6 Å². The lowest BCUT2D eigenvalue weighted by atomic mass is 10.1. The van der Waals surface area contributed by atoms with Gasteiger partial charge in [0.25, 0.3) is 0 Å². The molecule has 0 fully saturated rings. The lowest BCUT2D eigenvalue weighted by molar-refractivity contribution is -0.118. The number of hydrogen-bond donors (Lipinski definition) is 2. The first kappa shape index (κ1) is 14.1. The van der Waals surface area contributed by atoms with Gasteiger partial charge in [-0.3, -0.25) is 4.79 Å². The molecule has 2 aromatic rings. The first-order valence-electron chi connectivity index (χ1n) is 6.58. The van der Waals surface area contributed by atoms with Crippen molar-refractivity contribution in [3.05, 3.63) is 41.2 Å². The molecule has 1 aromatic heterocycles. The van der Waals surface area contributed by atoms with Crippen LogP contribution in [0.2, 0.25) is 0 Å². The van der Waals surface area contributed by atoms with Gasteiger partial charge in [-0.1, -0.05) is 12.1 Å². The minimum atomic E-state index is -0.426. The molecule has 0 aliphatic heterocycles. The summed E-state index contributed by atoms with van der Waals surface area (Å²) in [6, 6.07) is 5.82. The van der Waals surface area contributed by atoms with Crippen LogP contribution in [-0.4, -0.2) is 21.7 Å². The van der Waals surface area contributed by atoms with Crippen molar-refractivity contribution in [2.75, 3.05) is 5.32 Å². The molecule has 0 radical (unpaired) electrons. The third-order valence-electron chi connectivity index (χ3n) is 3.40. The summed E-state index contributed by atoms with van der Waals surface area (Å²) >= 11 is 0. The van der Waals surface area contributed by atoms with Crippen LogP contribution in [-0.2, 0) is 4.79 Å². The van der Waals surface area contributed by atoms with E-state index < -0.39 is 6.04 Å². The molecular formula is C15H20N4O. The Kier molecular flexibility index (Phi) is 3.79. The Hall–Kier alpha value is -2.30. The monoisotopic (exact) mass is 272 g/mol. The number of aromatic nitrogens is 2. The Bertz CT molecular complexity index is 645. The molecule has 106 valence electrons. The van der Waals surface area contributed by atoms with E-state index >= 15 is 0 Å². The van der Waals surface area contributed by atoms with Crippen LogP contribution in [0.5, 0.6) is 0 Å². The first-order valence-corrected chi connectivity index (χ1v) is 6.58. The highest BCUT2D eigenvalue weighted by molar-refractivity contribution is 5.82. The van der Waals surface area contributed by atoms with E-state index in [1.165, 1.54) is 5.56 Å². The fraction of sp³-hybridized carbons (Fsp3) is 0.333. The second-order valence-electron chi connectivity index (χ2n) is 5.11. The Morgan fingerprint density at radius 2 is 2.05 bits per heavy atom. The zero-order valence-corrected chi connectivity index (χ0v) is 12.3. The normalized spacial score (nSPS) is 12.2. The molecule has 20 heavy (non-hydrogen) atoms. The highest BCUT2D eigenvalue weighted by atomic mass is 16.1. The van der Waals surface area contributed by atoms with E-state index in [1.54, 1.807) is 13.1 Å². The number of nitrogens with zero attached hydrogens (tertiary/aromatic N) is 2. The Labute approximate surface area is 118 Å². The van der Waals surface area contributed by atoms with Crippen molar-refractivity contribution < 1.29 is 4.79 Å². The molecule has 1 heterocycles. The fourth-order valence-electron chi connectivity index (χ4n) is 2.05. The van der Waals surface area contributed by atoms with Gasteiger partial charge < -0.3 is 11.1 Å². The van der Waals surface area contributed by atoms with Crippen LogP contribution in [0.4, 0.5) is 5.69 Å². The molecule has 0 spiro atoms. The van der Waals surface area contributed by atoms with Crippen molar-refractivity contribution in [3.63, 3.8) is 0 Å². The first-order chi connectivity index (χ1) is 9.40. The molecule has 0 aliphatic carbocycles. The van der Waals surface area contributed by atoms with E-state index in [4.69, 9.17) is 5.73 Å². The van der Waals surface area contributed by atoms with E-state index in [1.807, 2.05) is 11.6 Å². The van der Waals surface area contributed by atoms with Gasteiger partial charge >= 0.3 is 0 Å². The van der Waals surface area contributed by atoms with Crippen LogP contribution < -0.4 is 11.1 Å². The molecule has 5 nitrogen and oxygen atoms in total. The number of amides is 1. The van der Waals surface area contributed by atoms with Crippen molar-refractivity contribution in [3.8, 4) is 5.69 Å². The summed E-state index contributed by atoms with van der Waals surface area (Å²) in [6.45, 7) is 7.80. The maximum atomic E-state index is 11.1. The van der Waals surface area contributed by atoms with Gasteiger partial charge in [0.15, 0.2) is 0 Å². The van der Waals surface area contributed by atoms with Crippen molar-refractivity contribution in [1.82, 2.24) is 9.78 Å². The standard InChI is InChI=1S/C15H20N4O/c1-9-5-6-10(2)14(7-9)19-12(4)13(8-17-19)18-11(3)15(16)20/h5-8,11,18H,1-4H3,(H2,16,20). The third-order valence-corrected chi connectivity index (χ3v) is 3.40. The molecule has 0 bridgehead atoms. The third kappa shape index (κ3) is 2.66. The smallest absolute Gasteiger partial charge is 0.239 e. The van der Waals surface area contributed by atoms with Gasteiger partial charge in [-0.25, -0.2) is 4.68 Å². The number of carbonyl (C=O) groups is 1. The summed E-state index contributed by atoms with van der Waals surface area (Å²) in [6.07, 6.45) is 1.72. The number of nitrogens with one attached hydrogen (secondary N) is 1. The van der Waals surface area contributed by atoms with Crippen molar-refractivity contribution in [1.29, 1.82) is 0 Å². The predicted octanol–water partition coefficient (Wildman–Crippen LogP) is 2.08. The maximum Gasteiger partial charge on any atom is 0.239 e. The van der Waals surface area contributed by atoms with Crippen molar-refractivity contribution in [2.24, 2.45) is 5.73 Å². The van der Waals surface area contributed by atoms with Gasteiger partial charge in [-0.15, -0.1) is 0 Å². The predicted molar refractivity (Wildman–Crippen MR) is 80.1 cm³/mol. The van der Waals surface area contributed by atoms with Crippen LogP contribution in [0.25, 0.3) is 5.69 Å². The number of rotatable bonds is 4. The molecule has 0 saturated carbocycles. The summed E-state index contributed by atoms with van der Waals surface area (Å²) in [5.41, 5.74) is 10.4. The van der Waals surface area contributed by atoms with Crippen LogP contribution in [0.15, 0.2) is 24.4 Å². The van der Waals surface area contributed by atoms with Gasteiger partial charge in [0.2, 0.25) is 5.91 Å². The van der Waals surface area contributed by atoms with Crippen molar-refractivity contribution >= 4 is 11.6 Å². The molecule has 1 aromatic carbocycles. The highest BCUT2D eigenvalue weighted by Crippen LogP contribution is 2.22. The number of hydrogen-bond acceptors (Lipinski definition) is 3.